The molecule has 18 heavy (non-hydrogen) atoms. The second-order valence-electron chi connectivity index (χ2n) is 4.46. The lowest BCUT2D eigenvalue weighted by atomic mass is 10.1. The molecule has 0 saturated carbocycles. The maximum atomic E-state index is 4.16. The topological polar surface area (TPSA) is 45.6 Å². The van der Waals surface area contributed by atoms with Crippen LogP contribution >= 0.6 is 0 Å². The van der Waals surface area contributed by atoms with Crippen molar-refractivity contribution >= 4 is 10.9 Å². The number of rotatable bonds is 3. The summed E-state index contributed by atoms with van der Waals surface area (Å²) >= 11 is 0. The Labute approximate surface area is 106 Å². The largest absolute Gasteiger partial charge is 0.350 e. The predicted molar refractivity (Wildman–Crippen MR) is 73.3 cm³/mol. The van der Waals surface area contributed by atoms with Crippen LogP contribution in [0, 0.1) is 0 Å². The highest BCUT2D eigenvalue weighted by atomic mass is 15.1. The molecule has 0 aliphatic heterocycles. The molecule has 2 heterocycles. The zero-order valence-electron chi connectivity index (χ0n) is 10.6. The third-order valence-corrected chi connectivity index (χ3v) is 3.26. The van der Waals surface area contributed by atoms with Gasteiger partial charge in [0.05, 0.1) is 11.9 Å². The van der Waals surface area contributed by atoms with Crippen LogP contribution in [-0.4, -0.2) is 21.8 Å². The molecular formula is C14H16N4. The number of H-pyrrole nitrogens is 1. The number of benzene rings is 1. The van der Waals surface area contributed by atoms with Crippen molar-refractivity contribution in [3.05, 3.63) is 42.4 Å². The Kier molecular flexibility index (Phi) is 2.64. The van der Waals surface area contributed by atoms with E-state index < -0.39 is 0 Å². The van der Waals surface area contributed by atoms with Gasteiger partial charge in [-0.05, 0) is 13.1 Å². The fourth-order valence-electron chi connectivity index (χ4n) is 2.41. The van der Waals surface area contributed by atoms with E-state index in [1.54, 1.807) is 0 Å². The number of aryl methyl sites for hydroxylation is 1. The summed E-state index contributed by atoms with van der Waals surface area (Å²) in [5, 5.41) is 11.6. The number of fused-ring (bicyclic) bond motifs is 1. The zero-order chi connectivity index (χ0) is 12.5. The van der Waals surface area contributed by atoms with Gasteiger partial charge in [0.25, 0.3) is 0 Å². The van der Waals surface area contributed by atoms with Crippen molar-refractivity contribution in [2.24, 2.45) is 7.05 Å². The maximum absolute atomic E-state index is 4.16. The predicted octanol–water partition coefficient (Wildman–Crippen LogP) is 2.29. The highest BCUT2D eigenvalue weighted by molar-refractivity contribution is 5.96. The molecule has 0 aliphatic rings. The van der Waals surface area contributed by atoms with E-state index in [9.17, 15) is 0 Å². The molecular weight excluding hydrogens is 224 g/mol. The lowest BCUT2D eigenvalue weighted by Crippen LogP contribution is -2.06. The molecule has 0 radical (unpaired) electrons. The quantitative estimate of drug-likeness (QED) is 0.737. The first-order valence-electron chi connectivity index (χ1n) is 6.02. The van der Waals surface area contributed by atoms with Crippen LogP contribution in [-0.2, 0) is 13.6 Å². The van der Waals surface area contributed by atoms with Crippen LogP contribution < -0.4 is 5.32 Å². The third-order valence-electron chi connectivity index (χ3n) is 3.26. The van der Waals surface area contributed by atoms with E-state index in [1.165, 1.54) is 22.0 Å². The van der Waals surface area contributed by atoms with Crippen LogP contribution in [0.4, 0.5) is 0 Å². The SMILES string of the molecule is CNCc1[nH]ncc1-c1cn(C)c2ccccc12. The van der Waals surface area contributed by atoms with Crippen LogP contribution in [0.3, 0.4) is 0 Å². The Bertz CT molecular complexity index is 678. The van der Waals surface area contributed by atoms with Crippen molar-refractivity contribution in [1.82, 2.24) is 20.1 Å². The zero-order valence-corrected chi connectivity index (χ0v) is 10.6. The Morgan fingerprint density at radius 3 is 2.94 bits per heavy atom. The molecule has 0 saturated heterocycles. The lowest BCUT2D eigenvalue weighted by molar-refractivity contribution is 0.785. The maximum Gasteiger partial charge on any atom is 0.0570 e. The van der Waals surface area contributed by atoms with Gasteiger partial charge in [-0.2, -0.15) is 5.10 Å². The highest BCUT2D eigenvalue weighted by Crippen LogP contribution is 2.31. The third kappa shape index (κ3) is 1.62. The Morgan fingerprint density at radius 2 is 2.11 bits per heavy atom. The van der Waals surface area contributed by atoms with Crippen LogP contribution in [0.2, 0.25) is 0 Å². The molecule has 3 aromatic rings. The second-order valence-corrected chi connectivity index (χ2v) is 4.46. The molecule has 4 nitrogen and oxygen atoms in total. The summed E-state index contributed by atoms with van der Waals surface area (Å²) in [4.78, 5) is 0. The van der Waals surface area contributed by atoms with Gasteiger partial charge < -0.3 is 9.88 Å². The van der Waals surface area contributed by atoms with Crippen molar-refractivity contribution < 1.29 is 0 Å². The number of para-hydroxylation sites is 1. The molecule has 0 atom stereocenters. The van der Waals surface area contributed by atoms with Gasteiger partial charge in [-0.1, -0.05) is 18.2 Å². The van der Waals surface area contributed by atoms with Gasteiger partial charge in [-0.25, -0.2) is 0 Å². The van der Waals surface area contributed by atoms with Gasteiger partial charge >= 0.3 is 0 Å². The van der Waals surface area contributed by atoms with E-state index in [0.717, 1.165) is 12.2 Å². The number of aromatic nitrogens is 3. The standard InChI is InChI=1S/C14H16N4/c1-15-8-13-11(7-16-17-13)12-9-18(2)14-6-4-3-5-10(12)14/h3-7,9,15H,8H2,1-2H3,(H,16,17). The smallest absolute Gasteiger partial charge is 0.0570 e. The lowest BCUT2D eigenvalue weighted by Gasteiger charge is -2.01. The van der Waals surface area contributed by atoms with Crippen molar-refractivity contribution in [2.45, 2.75) is 6.54 Å². The molecule has 0 bridgehead atoms. The molecule has 0 fully saturated rings. The van der Waals surface area contributed by atoms with E-state index in [0.29, 0.717) is 0 Å². The summed E-state index contributed by atoms with van der Waals surface area (Å²) in [6, 6.07) is 8.43. The number of nitrogens with one attached hydrogen (secondary N) is 2. The molecule has 92 valence electrons. The van der Waals surface area contributed by atoms with Gasteiger partial charge in [0.1, 0.15) is 0 Å². The second kappa shape index (κ2) is 4.31. The molecule has 0 unspecified atom stereocenters. The van der Waals surface area contributed by atoms with Crippen LogP contribution in [0.5, 0.6) is 0 Å². The first-order valence-corrected chi connectivity index (χ1v) is 6.02. The average molecular weight is 240 g/mol. The molecule has 4 heteroatoms. The van der Waals surface area contributed by atoms with E-state index >= 15 is 0 Å². The Hall–Kier alpha value is -2.07. The average Bonchev–Trinajstić information content (AvgIpc) is 2.96. The van der Waals surface area contributed by atoms with Crippen molar-refractivity contribution in [3.63, 3.8) is 0 Å². The number of nitrogens with zero attached hydrogens (tertiary/aromatic N) is 2. The van der Waals surface area contributed by atoms with E-state index in [-0.39, 0.29) is 0 Å². The van der Waals surface area contributed by atoms with Gasteiger partial charge in [0.2, 0.25) is 0 Å². The van der Waals surface area contributed by atoms with Gasteiger partial charge in [-0.15, -0.1) is 0 Å². The van der Waals surface area contributed by atoms with Gasteiger partial charge in [-0.3, -0.25) is 5.10 Å². The molecule has 1 aromatic carbocycles. The van der Waals surface area contributed by atoms with Crippen molar-refractivity contribution in [1.29, 1.82) is 0 Å². The summed E-state index contributed by atoms with van der Waals surface area (Å²) in [6.45, 7) is 0.790. The Balaban J connectivity index is 2.22. The normalized spacial score (nSPS) is 11.2. The van der Waals surface area contributed by atoms with Crippen LogP contribution in [0.25, 0.3) is 22.0 Å². The minimum absolute atomic E-state index is 0.790. The molecule has 0 amide bonds. The first-order chi connectivity index (χ1) is 8.81. The first kappa shape index (κ1) is 11.0. The van der Waals surface area contributed by atoms with Crippen molar-refractivity contribution in [3.8, 4) is 11.1 Å². The summed E-state index contributed by atoms with van der Waals surface area (Å²) < 4.78 is 2.15. The molecule has 0 spiro atoms. The number of hydrogen-bond acceptors (Lipinski definition) is 2. The van der Waals surface area contributed by atoms with Crippen molar-refractivity contribution in [2.75, 3.05) is 7.05 Å². The van der Waals surface area contributed by atoms with E-state index in [4.69, 9.17) is 0 Å². The van der Waals surface area contributed by atoms with Gasteiger partial charge in [0, 0.05) is 41.8 Å². The molecule has 0 aliphatic carbocycles. The minimum atomic E-state index is 0.790. The summed E-state index contributed by atoms with van der Waals surface area (Å²) in [7, 11) is 4.01. The summed E-state index contributed by atoms with van der Waals surface area (Å²) in [5.74, 6) is 0. The van der Waals surface area contributed by atoms with E-state index in [1.807, 2.05) is 13.2 Å². The monoisotopic (exact) mass is 240 g/mol. The summed E-state index contributed by atoms with van der Waals surface area (Å²) in [6.07, 6.45) is 4.06. The Morgan fingerprint density at radius 1 is 1.28 bits per heavy atom. The number of aromatic amines is 1. The summed E-state index contributed by atoms with van der Waals surface area (Å²) in [5.41, 5.74) is 4.76. The van der Waals surface area contributed by atoms with E-state index in [2.05, 4.69) is 57.6 Å². The fourth-order valence-corrected chi connectivity index (χ4v) is 2.41. The highest BCUT2D eigenvalue weighted by Gasteiger charge is 2.12. The molecule has 3 rings (SSSR count). The van der Waals surface area contributed by atoms with Crippen LogP contribution in [0.15, 0.2) is 36.7 Å². The molecule has 2 N–H and O–H groups in total. The fraction of sp³-hybridized carbons (Fsp3) is 0.214. The number of hydrogen-bond donors (Lipinski definition) is 2. The molecule has 2 aromatic heterocycles. The van der Waals surface area contributed by atoms with Gasteiger partial charge in [0.15, 0.2) is 0 Å². The minimum Gasteiger partial charge on any atom is -0.350 e. The van der Waals surface area contributed by atoms with Crippen LogP contribution in [0.1, 0.15) is 5.69 Å².